The van der Waals surface area contributed by atoms with Gasteiger partial charge in [0.05, 0.1) is 0 Å². The van der Waals surface area contributed by atoms with Gasteiger partial charge in [-0.3, -0.25) is 4.79 Å². The van der Waals surface area contributed by atoms with E-state index in [0.717, 1.165) is 18.4 Å². The van der Waals surface area contributed by atoms with Gasteiger partial charge in [0, 0.05) is 16.9 Å². The van der Waals surface area contributed by atoms with E-state index in [4.69, 9.17) is 0 Å². The Balaban J connectivity index is 2.65. The number of carbonyl (C=O) groups excluding carboxylic acids is 1. The van der Waals surface area contributed by atoms with Crippen LogP contribution in [-0.4, -0.2) is 12.0 Å². The van der Waals surface area contributed by atoms with Crippen molar-refractivity contribution in [3.8, 4) is 0 Å². The third-order valence-electron chi connectivity index (χ3n) is 3.04. The van der Waals surface area contributed by atoms with Gasteiger partial charge in [-0.25, -0.2) is 0 Å². The van der Waals surface area contributed by atoms with Crippen molar-refractivity contribution in [2.45, 2.75) is 38.0 Å². The molecule has 0 spiro atoms. The van der Waals surface area contributed by atoms with E-state index in [1.807, 2.05) is 30.5 Å². The van der Waals surface area contributed by atoms with Gasteiger partial charge in [0.25, 0.3) is 0 Å². The minimum Gasteiger partial charge on any atom is -0.294 e. The average molecular weight is 236 g/mol. The van der Waals surface area contributed by atoms with Crippen molar-refractivity contribution in [1.29, 1.82) is 0 Å². The fourth-order valence-electron chi connectivity index (χ4n) is 1.73. The van der Waals surface area contributed by atoms with Crippen molar-refractivity contribution in [2.75, 3.05) is 6.26 Å². The highest BCUT2D eigenvalue weighted by Crippen LogP contribution is 2.19. The molecule has 0 atom stereocenters. The normalized spacial score (nSPS) is 10.8. The third-order valence-corrected chi connectivity index (χ3v) is 3.78. The Morgan fingerprint density at radius 2 is 1.75 bits per heavy atom. The fourth-order valence-corrected chi connectivity index (χ4v) is 2.14. The minimum atomic E-state index is 0.279. The molecule has 0 amide bonds. The second kappa shape index (κ2) is 6.74. The lowest BCUT2D eigenvalue weighted by molar-refractivity contribution is 0.0958. The minimum absolute atomic E-state index is 0.279. The number of hydrogen-bond acceptors (Lipinski definition) is 2. The van der Waals surface area contributed by atoms with Crippen LogP contribution in [0.25, 0.3) is 0 Å². The zero-order chi connectivity index (χ0) is 12.0. The first-order valence-electron chi connectivity index (χ1n) is 5.88. The summed E-state index contributed by atoms with van der Waals surface area (Å²) in [5, 5.41) is 0. The Morgan fingerprint density at radius 3 is 2.19 bits per heavy atom. The van der Waals surface area contributed by atoms with E-state index in [-0.39, 0.29) is 5.78 Å². The molecule has 1 nitrogen and oxygen atoms in total. The number of carbonyl (C=O) groups is 1. The van der Waals surface area contributed by atoms with Crippen LogP contribution < -0.4 is 0 Å². The maximum Gasteiger partial charge on any atom is 0.163 e. The van der Waals surface area contributed by atoms with Crippen LogP contribution in [-0.2, 0) is 0 Å². The molecule has 0 aliphatic carbocycles. The molecule has 0 saturated carbocycles. The summed E-state index contributed by atoms with van der Waals surface area (Å²) in [6.45, 7) is 4.30. The highest BCUT2D eigenvalue weighted by Gasteiger charge is 2.11. The maximum absolute atomic E-state index is 12.0. The predicted octanol–water partition coefficient (Wildman–Crippen LogP) is 4.42. The molecule has 2 heteroatoms. The molecular weight excluding hydrogens is 216 g/mol. The lowest BCUT2D eigenvalue weighted by Crippen LogP contribution is -2.07. The van der Waals surface area contributed by atoms with Crippen LogP contribution in [0.15, 0.2) is 29.2 Å². The maximum atomic E-state index is 12.0. The van der Waals surface area contributed by atoms with Crippen LogP contribution in [0, 0.1) is 5.92 Å². The van der Waals surface area contributed by atoms with Crippen LogP contribution in [0.3, 0.4) is 0 Å². The van der Waals surface area contributed by atoms with Crippen LogP contribution in [0.5, 0.6) is 0 Å². The van der Waals surface area contributed by atoms with Crippen molar-refractivity contribution in [3.63, 3.8) is 0 Å². The topological polar surface area (TPSA) is 17.1 Å². The Labute approximate surface area is 103 Å². The van der Waals surface area contributed by atoms with Crippen LogP contribution in [0.1, 0.15) is 43.5 Å². The summed E-state index contributed by atoms with van der Waals surface area (Å²) < 4.78 is 0. The van der Waals surface area contributed by atoms with Gasteiger partial charge in [-0.05, 0) is 24.3 Å². The molecule has 0 saturated heterocycles. The molecule has 1 aromatic rings. The number of benzene rings is 1. The SMILES string of the molecule is CCC(CC)CC(=O)c1ccc(SC)cc1. The van der Waals surface area contributed by atoms with Crippen LogP contribution in [0.2, 0.25) is 0 Å². The average Bonchev–Trinajstić information content (AvgIpc) is 2.35. The summed E-state index contributed by atoms with van der Waals surface area (Å²) in [7, 11) is 0. The molecule has 0 bridgehead atoms. The zero-order valence-electron chi connectivity index (χ0n) is 10.3. The highest BCUT2D eigenvalue weighted by molar-refractivity contribution is 7.98. The van der Waals surface area contributed by atoms with E-state index in [9.17, 15) is 4.79 Å². The zero-order valence-corrected chi connectivity index (χ0v) is 11.1. The first kappa shape index (κ1) is 13.3. The van der Waals surface area contributed by atoms with E-state index in [2.05, 4.69) is 13.8 Å². The molecular formula is C14H20OS. The van der Waals surface area contributed by atoms with Crippen LogP contribution >= 0.6 is 11.8 Å². The van der Waals surface area contributed by atoms with E-state index in [0.29, 0.717) is 12.3 Å². The number of hydrogen-bond donors (Lipinski definition) is 0. The Morgan fingerprint density at radius 1 is 1.19 bits per heavy atom. The molecule has 0 N–H and O–H groups in total. The lowest BCUT2D eigenvalue weighted by atomic mass is 9.94. The second-order valence-corrected chi connectivity index (χ2v) is 4.92. The molecule has 1 rings (SSSR count). The molecule has 0 fully saturated rings. The largest absolute Gasteiger partial charge is 0.294 e. The number of rotatable bonds is 6. The molecule has 0 radical (unpaired) electrons. The Bertz CT molecular complexity index is 325. The Hall–Kier alpha value is -0.760. The summed E-state index contributed by atoms with van der Waals surface area (Å²) in [6, 6.07) is 7.92. The van der Waals surface area contributed by atoms with E-state index in [1.54, 1.807) is 11.8 Å². The second-order valence-electron chi connectivity index (χ2n) is 4.04. The summed E-state index contributed by atoms with van der Waals surface area (Å²) in [6.07, 6.45) is 4.91. The molecule has 0 aliphatic heterocycles. The molecule has 16 heavy (non-hydrogen) atoms. The molecule has 0 unspecified atom stereocenters. The quantitative estimate of drug-likeness (QED) is 0.537. The van der Waals surface area contributed by atoms with Crippen molar-refractivity contribution in [2.24, 2.45) is 5.92 Å². The van der Waals surface area contributed by atoms with Crippen LogP contribution in [0.4, 0.5) is 0 Å². The fraction of sp³-hybridized carbons (Fsp3) is 0.500. The number of Topliss-reactive ketones (excluding diaryl/α,β-unsaturated/α-hetero) is 1. The first-order chi connectivity index (χ1) is 7.71. The van der Waals surface area contributed by atoms with E-state index >= 15 is 0 Å². The lowest BCUT2D eigenvalue weighted by Gasteiger charge is -2.10. The highest BCUT2D eigenvalue weighted by atomic mass is 32.2. The predicted molar refractivity (Wildman–Crippen MR) is 71.2 cm³/mol. The van der Waals surface area contributed by atoms with Crippen molar-refractivity contribution < 1.29 is 4.79 Å². The first-order valence-corrected chi connectivity index (χ1v) is 7.11. The molecule has 0 aromatic heterocycles. The summed E-state index contributed by atoms with van der Waals surface area (Å²) in [4.78, 5) is 13.2. The number of thioether (sulfide) groups is 1. The van der Waals surface area contributed by atoms with Gasteiger partial charge in [0.15, 0.2) is 5.78 Å². The van der Waals surface area contributed by atoms with Crippen molar-refractivity contribution in [3.05, 3.63) is 29.8 Å². The van der Waals surface area contributed by atoms with Gasteiger partial charge in [0.1, 0.15) is 0 Å². The molecule has 88 valence electrons. The Kier molecular flexibility index (Phi) is 5.61. The van der Waals surface area contributed by atoms with E-state index in [1.165, 1.54) is 4.90 Å². The standard InChI is InChI=1S/C14H20OS/c1-4-11(5-2)10-14(15)12-6-8-13(16-3)9-7-12/h6-9,11H,4-5,10H2,1-3H3. The third kappa shape index (κ3) is 3.67. The van der Waals surface area contributed by atoms with Crippen molar-refractivity contribution >= 4 is 17.5 Å². The van der Waals surface area contributed by atoms with E-state index < -0.39 is 0 Å². The van der Waals surface area contributed by atoms with Gasteiger partial charge < -0.3 is 0 Å². The van der Waals surface area contributed by atoms with Gasteiger partial charge in [-0.2, -0.15) is 0 Å². The van der Waals surface area contributed by atoms with Gasteiger partial charge in [0.2, 0.25) is 0 Å². The van der Waals surface area contributed by atoms with Gasteiger partial charge in [-0.1, -0.05) is 38.8 Å². The molecule has 1 aromatic carbocycles. The molecule has 0 heterocycles. The number of ketones is 1. The van der Waals surface area contributed by atoms with Crippen molar-refractivity contribution in [1.82, 2.24) is 0 Å². The van der Waals surface area contributed by atoms with Gasteiger partial charge in [-0.15, -0.1) is 11.8 Å². The smallest absolute Gasteiger partial charge is 0.163 e. The summed E-state index contributed by atoms with van der Waals surface area (Å²) in [5.74, 6) is 0.814. The van der Waals surface area contributed by atoms with Gasteiger partial charge >= 0.3 is 0 Å². The molecule has 0 aliphatic rings. The summed E-state index contributed by atoms with van der Waals surface area (Å²) in [5.41, 5.74) is 0.852. The monoisotopic (exact) mass is 236 g/mol. The summed E-state index contributed by atoms with van der Waals surface area (Å²) >= 11 is 1.70.